The summed E-state index contributed by atoms with van der Waals surface area (Å²) in [5, 5.41) is 15.5. The minimum atomic E-state index is -0.536. The van der Waals surface area contributed by atoms with E-state index < -0.39 is 17.9 Å². The van der Waals surface area contributed by atoms with Gasteiger partial charge in [-0.25, -0.2) is 0 Å². The van der Waals surface area contributed by atoms with Gasteiger partial charge in [-0.15, -0.1) is 0 Å². The molecule has 0 spiro atoms. The van der Waals surface area contributed by atoms with Crippen LogP contribution in [0.5, 0.6) is 5.75 Å². The monoisotopic (exact) mass is 565 g/mol. The molecule has 0 unspecified atom stereocenters. The molecule has 2 amide bonds. The molecule has 0 heterocycles. The Morgan fingerprint density at radius 1 is 0.919 bits per heavy atom. The second-order valence-corrected chi connectivity index (χ2v) is 9.52. The number of aliphatic hydroxyl groups is 1. The quantitative estimate of drug-likeness (QED) is 0.290. The Morgan fingerprint density at radius 2 is 1.54 bits per heavy atom. The molecule has 0 saturated carbocycles. The van der Waals surface area contributed by atoms with Gasteiger partial charge in [0.15, 0.2) is 0 Å². The van der Waals surface area contributed by atoms with Gasteiger partial charge in [-0.1, -0.05) is 60.7 Å². The number of benzene rings is 3. The van der Waals surface area contributed by atoms with E-state index in [2.05, 4.69) is 26.6 Å². The van der Waals surface area contributed by atoms with Crippen molar-refractivity contribution >= 4 is 32.2 Å². The van der Waals surface area contributed by atoms with E-state index in [1.54, 1.807) is 24.3 Å². The van der Waals surface area contributed by atoms with Crippen LogP contribution in [-0.4, -0.2) is 61.7 Å². The zero-order valence-corrected chi connectivity index (χ0v) is 22.6. The van der Waals surface area contributed by atoms with Crippen LogP contribution in [0, 0.1) is 0 Å². The fraction of sp³-hybridized carbons (Fsp3) is 0.241. The normalized spacial score (nSPS) is 12.5. The summed E-state index contributed by atoms with van der Waals surface area (Å²) < 4.78 is 6.16. The maximum atomic E-state index is 13.4. The average Bonchev–Trinajstić information content (AvgIpc) is 2.92. The van der Waals surface area contributed by atoms with E-state index in [1.807, 2.05) is 79.7 Å². The van der Waals surface area contributed by atoms with Crippen molar-refractivity contribution in [2.75, 3.05) is 33.9 Å². The van der Waals surface area contributed by atoms with Gasteiger partial charge >= 0.3 is 0 Å². The van der Waals surface area contributed by atoms with Crippen LogP contribution in [0.1, 0.15) is 21.5 Å². The highest BCUT2D eigenvalue weighted by Crippen LogP contribution is 2.27. The molecule has 0 aliphatic rings. The molecule has 1 atom stereocenters. The van der Waals surface area contributed by atoms with E-state index in [1.165, 1.54) is 0 Å². The molecular weight excluding hydrogens is 534 g/mol. The number of aliphatic hydroxyl groups excluding tert-OH is 1. The van der Waals surface area contributed by atoms with Crippen LogP contribution in [0.2, 0.25) is 0 Å². The van der Waals surface area contributed by atoms with Gasteiger partial charge in [0.05, 0.1) is 17.1 Å². The summed E-state index contributed by atoms with van der Waals surface area (Å²) in [6.45, 7) is 1.08. The van der Waals surface area contributed by atoms with Crippen LogP contribution in [-0.2, 0) is 11.2 Å². The van der Waals surface area contributed by atoms with Gasteiger partial charge in [0.25, 0.3) is 11.8 Å². The largest absolute Gasteiger partial charge is 0.492 e. The molecule has 37 heavy (non-hydrogen) atoms. The topological polar surface area (TPSA) is 90.9 Å². The lowest BCUT2D eigenvalue weighted by atomic mass is 10.1. The number of halogens is 1. The van der Waals surface area contributed by atoms with E-state index in [4.69, 9.17) is 4.74 Å². The van der Waals surface area contributed by atoms with Crippen molar-refractivity contribution in [3.8, 4) is 5.75 Å². The molecule has 3 aromatic rings. The predicted octanol–water partition coefficient (Wildman–Crippen LogP) is 3.84. The number of carbonyl (C=O) groups excluding carboxylic acids is 2. The first-order valence-corrected chi connectivity index (χ1v) is 12.8. The summed E-state index contributed by atoms with van der Waals surface area (Å²) in [7, 11) is 3.96. The number of nitrogens with one attached hydrogen (secondary N) is 2. The first-order valence-electron chi connectivity index (χ1n) is 12.0. The third kappa shape index (κ3) is 8.86. The number of nitrogens with zero attached hydrogens (tertiary/aromatic N) is 1. The molecular formula is C29H32BrN3O4. The SMILES string of the molecule is CN(C)CCOc1ccc(/C(Br)=C(/NC(=O)c2ccccc2)C(=O)N[C@H](CO)Cc2ccccc2)cc1. The number of hydrogen-bond acceptors (Lipinski definition) is 5. The number of carbonyl (C=O) groups is 2. The van der Waals surface area contributed by atoms with Crippen LogP contribution in [0.15, 0.2) is 90.6 Å². The third-order valence-corrected chi connectivity index (χ3v) is 6.37. The van der Waals surface area contributed by atoms with Crippen LogP contribution >= 0.6 is 15.9 Å². The lowest BCUT2D eigenvalue weighted by Crippen LogP contribution is -2.43. The number of ether oxygens (including phenoxy) is 1. The number of hydrogen-bond donors (Lipinski definition) is 3. The molecule has 0 aliphatic heterocycles. The minimum absolute atomic E-state index is 0.0432. The summed E-state index contributed by atoms with van der Waals surface area (Å²) >= 11 is 3.52. The summed E-state index contributed by atoms with van der Waals surface area (Å²) in [4.78, 5) is 28.4. The molecule has 0 aromatic heterocycles. The molecule has 3 aromatic carbocycles. The van der Waals surface area contributed by atoms with Gasteiger partial charge < -0.3 is 25.4 Å². The van der Waals surface area contributed by atoms with Crippen molar-refractivity contribution in [3.05, 3.63) is 107 Å². The third-order valence-electron chi connectivity index (χ3n) is 5.52. The molecule has 0 aliphatic carbocycles. The Kier molecular flexibility index (Phi) is 10.9. The number of likely N-dealkylation sites (N-methyl/N-ethyl adjacent to an activating group) is 1. The van der Waals surface area contributed by atoms with Gasteiger partial charge in [-0.3, -0.25) is 9.59 Å². The predicted molar refractivity (Wildman–Crippen MR) is 149 cm³/mol. The Hall–Kier alpha value is -3.46. The zero-order chi connectivity index (χ0) is 26.6. The number of rotatable bonds is 12. The van der Waals surface area contributed by atoms with Crippen molar-refractivity contribution in [3.63, 3.8) is 0 Å². The van der Waals surface area contributed by atoms with E-state index in [0.717, 1.165) is 12.1 Å². The average molecular weight is 566 g/mol. The van der Waals surface area contributed by atoms with Crippen LogP contribution in [0.4, 0.5) is 0 Å². The van der Waals surface area contributed by atoms with E-state index >= 15 is 0 Å². The van der Waals surface area contributed by atoms with Crippen LogP contribution in [0.25, 0.3) is 4.48 Å². The van der Waals surface area contributed by atoms with Crippen molar-refractivity contribution in [2.45, 2.75) is 12.5 Å². The first-order chi connectivity index (χ1) is 17.9. The second kappa shape index (κ2) is 14.3. The van der Waals surface area contributed by atoms with Crippen molar-refractivity contribution in [1.82, 2.24) is 15.5 Å². The molecule has 194 valence electrons. The summed E-state index contributed by atoms with van der Waals surface area (Å²) in [5.74, 6) is -0.235. The van der Waals surface area contributed by atoms with Crippen molar-refractivity contribution in [2.24, 2.45) is 0 Å². The molecule has 3 rings (SSSR count). The Morgan fingerprint density at radius 3 is 2.14 bits per heavy atom. The fourth-order valence-electron chi connectivity index (χ4n) is 3.49. The Bertz CT molecular complexity index is 1180. The Labute approximate surface area is 226 Å². The molecule has 0 fully saturated rings. The minimum Gasteiger partial charge on any atom is -0.492 e. The summed E-state index contributed by atoms with van der Waals surface area (Å²) in [6.07, 6.45) is 0.444. The summed E-state index contributed by atoms with van der Waals surface area (Å²) in [5.41, 5.74) is 2.12. The highest BCUT2D eigenvalue weighted by Gasteiger charge is 2.22. The number of amides is 2. The van der Waals surface area contributed by atoms with Gasteiger partial charge in [0.2, 0.25) is 0 Å². The highest BCUT2D eigenvalue weighted by molar-refractivity contribution is 9.15. The fourth-order valence-corrected chi connectivity index (χ4v) is 4.04. The standard InChI is InChI=1S/C29H32BrN3O4/c1-33(2)17-18-37-25-15-13-22(14-16-25)26(30)27(32-28(35)23-11-7-4-8-12-23)29(36)31-24(20-34)19-21-9-5-3-6-10-21/h3-16,24,34H,17-20H2,1-2H3,(H,31,36)(H,32,35)/b27-26-/t24-/m0/s1. The van der Waals surface area contributed by atoms with Crippen LogP contribution < -0.4 is 15.4 Å². The Balaban J connectivity index is 1.84. The van der Waals surface area contributed by atoms with Gasteiger partial charge in [-0.2, -0.15) is 0 Å². The summed E-state index contributed by atoms with van der Waals surface area (Å²) in [6, 6.07) is 25.0. The maximum Gasteiger partial charge on any atom is 0.269 e. The highest BCUT2D eigenvalue weighted by atomic mass is 79.9. The first kappa shape index (κ1) is 28.1. The molecule has 3 N–H and O–H groups in total. The van der Waals surface area contributed by atoms with Gasteiger partial charge in [-0.05, 0) is 71.8 Å². The molecule has 0 bridgehead atoms. The van der Waals surface area contributed by atoms with Crippen molar-refractivity contribution in [1.29, 1.82) is 0 Å². The van der Waals surface area contributed by atoms with E-state index in [-0.39, 0.29) is 12.3 Å². The smallest absolute Gasteiger partial charge is 0.269 e. The molecule has 7 nitrogen and oxygen atoms in total. The second-order valence-electron chi connectivity index (χ2n) is 8.73. The molecule has 0 saturated heterocycles. The maximum absolute atomic E-state index is 13.4. The molecule has 8 heteroatoms. The van der Waals surface area contributed by atoms with E-state index in [0.29, 0.717) is 34.4 Å². The van der Waals surface area contributed by atoms with Gasteiger partial charge in [0.1, 0.15) is 18.1 Å². The van der Waals surface area contributed by atoms with Crippen molar-refractivity contribution < 1.29 is 19.4 Å². The van der Waals surface area contributed by atoms with E-state index in [9.17, 15) is 14.7 Å². The lowest BCUT2D eigenvalue weighted by molar-refractivity contribution is -0.118. The lowest BCUT2D eigenvalue weighted by Gasteiger charge is -2.19. The zero-order valence-electron chi connectivity index (χ0n) is 21.0. The van der Waals surface area contributed by atoms with Crippen LogP contribution in [0.3, 0.4) is 0 Å². The molecule has 0 radical (unpaired) electrons. The van der Waals surface area contributed by atoms with Gasteiger partial charge in [0, 0.05) is 12.1 Å².